The van der Waals surface area contributed by atoms with Gasteiger partial charge in [0.1, 0.15) is 12.3 Å². The van der Waals surface area contributed by atoms with Crippen LogP contribution in [0.5, 0.6) is 5.75 Å². The molecular formula is C25H26N2O2. The summed E-state index contributed by atoms with van der Waals surface area (Å²) in [6.07, 6.45) is 0. The van der Waals surface area contributed by atoms with Gasteiger partial charge in [-0.2, -0.15) is 0 Å². The van der Waals surface area contributed by atoms with Gasteiger partial charge in [0, 0.05) is 34.9 Å². The first-order valence-corrected chi connectivity index (χ1v) is 10.1. The first kappa shape index (κ1) is 19.1. The van der Waals surface area contributed by atoms with Crippen LogP contribution in [0.15, 0.2) is 66.7 Å². The van der Waals surface area contributed by atoms with Gasteiger partial charge < -0.3 is 14.2 Å². The summed E-state index contributed by atoms with van der Waals surface area (Å²) >= 11 is 0. The fourth-order valence-corrected chi connectivity index (χ4v) is 4.00. The normalized spacial score (nSPS) is 11.1. The Labute approximate surface area is 171 Å². The summed E-state index contributed by atoms with van der Waals surface area (Å²) in [6, 6.07) is 22.9. The Kier molecular flexibility index (Phi) is 5.26. The lowest BCUT2D eigenvalue weighted by Gasteiger charge is -2.19. The monoisotopic (exact) mass is 386 g/mol. The van der Waals surface area contributed by atoms with Crippen LogP contribution in [0.2, 0.25) is 0 Å². The second-order valence-corrected chi connectivity index (χ2v) is 7.13. The van der Waals surface area contributed by atoms with Crippen molar-refractivity contribution in [2.75, 3.05) is 20.2 Å². The molecule has 0 unspecified atom stereocenters. The van der Waals surface area contributed by atoms with Gasteiger partial charge in [0.15, 0.2) is 0 Å². The van der Waals surface area contributed by atoms with Gasteiger partial charge in [0.05, 0.1) is 7.11 Å². The van der Waals surface area contributed by atoms with Crippen LogP contribution in [0.1, 0.15) is 13.8 Å². The first-order valence-electron chi connectivity index (χ1n) is 10.1. The molecular weight excluding hydrogens is 360 g/mol. The highest BCUT2D eigenvalue weighted by Gasteiger charge is 2.16. The summed E-state index contributed by atoms with van der Waals surface area (Å²) in [6.45, 7) is 5.86. The number of carbonyl (C=O) groups excluding carboxylic acids is 1. The fourth-order valence-electron chi connectivity index (χ4n) is 4.00. The number of hydrogen-bond acceptors (Lipinski definition) is 2. The largest absolute Gasteiger partial charge is 0.497 e. The van der Waals surface area contributed by atoms with Crippen LogP contribution < -0.4 is 4.74 Å². The minimum Gasteiger partial charge on any atom is -0.497 e. The molecule has 0 fully saturated rings. The number of nitrogens with zero attached hydrogens (tertiary/aromatic N) is 2. The molecule has 0 atom stereocenters. The zero-order valence-corrected chi connectivity index (χ0v) is 17.2. The second kappa shape index (κ2) is 8.00. The van der Waals surface area contributed by atoms with Crippen LogP contribution in [0.25, 0.3) is 32.9 Å². The molecule has 0 N–H and O–H groups in total. The maximum Gasteiger partial charge on any atom is 0.242 e. The summed E-state index contributed by atoms with van der Waals surface area (Å²) in [5.41, 5.74) is 4.47. The van der Waals surface area contributed by atoms with Gasteiger partial charge in [-0.3, -0.25) is 4.79 Å². The molecule has 4 rings (SSSR count). The van der Waals surface area contributed by atoms with Crippen molar-refractivity contribution in [3.63, 3.8) is 0 Å². The smallest absolute Gasteiger partial charge is 0.242 e. The van der Waals surface area contributed by atoms with Crippen molar-refractivity contribution in [1.82, 2.24) is 9.47 Å². The molecule has 4 heteroatoms. The Morgan fingerprint density at radius 2 is 1.52 bits per heavy atom. The molecule has 148 valence electrons. The molecule has 1 amide bonds. The van der Waals surface area contributed by atoms with Crippen molar-refractivity contribution in [3.8, 4) is 16.9 Å². The predicted molar refractivity (Wildman–Crippen MR) is 119 cm³/mol. The molecule has 0 saturated carbocycles. The minimum atomic E-state index is 0.150. The minimum absolute atomic E-state index is 0.150. The van der Waals surface area contributed by atoms with E-state index in [0.717, 1.165) is 41.0 Å². The number of para-hydroxylation sites is 1. The standard InChI is InChI=1S/C25H26N2O2/c1-4-26(5-2)25(28)17-27-23-9-7-6-8-21(23)22-16-19(12-15-24(22)27)18-10-13-20(29-3)14-11-18/h6-16H,4-5,17H2,1-3H3. The summed E-state index contributed by atoms with van der Waals surface area (Å²) in [5, 5.41) is 2.34. The zero-order valence-electron chi connectivity index (χ0n) is 17.2. The van der Waals surface area contributed by atoms with Crippen LogP contribution in [-0.2, 0) is 11.3 Å². The van der Waals surface area contributed by atoms with E-state index in [9.17, 15) is 4.79 Å². The van der Waals surface area contributed by atoms with Gasteiger partial charge in [-0.05, 0) is 55.3 Å². The van der Waals surface area contributed by atoms with E-state index in [4.69, 9.17) is 4.74 Å². The summed E-state index contributed by atoms with van der Waals surface area (Å²) in [5.74, 6) is 0.998. The Morgan fingerprint density at radius 3 is 2.21 bits per heavy atom. The quantitative estimate of drug-likeness (QED) is 0.448. The van der Waals surface area contributed by atoms with Crippen molar-refractivity contribution < 1.29 is 9.53 Å². The number of aromatic nitrogens is 1. The molecule has 0 aliphatic heterocycles. The van der Waals surface area contributed by atoms with Crippen molar-refractivity contribution >= 4 is 27.7 Å². The van der Waals surface area contributed by atoms with Gasteiger partial charge in [-0.25, -0.2) is 0 Å². The number of likely N-dealkylation sites (N-methyl/N-ethyl adjacent to an activating group) is 1. The number of fused-ring (bicyclic) bond motifs is 3. The van der Waals surface area contributed by atoms with Gasteiger partial charge >= 0.3 is 0 Å². The SMILES string of the molecule is CCN(CC)C(=O)Cn1c2ccccc2c2cc(-c3ccc(OC)cc3)ccc21. The lowest BCUT2D eigenvalue weighted by molar-refractivity contribution is -0.131. The molecule has 0 radical (unpaired) electrons. The highest BCUT2D eigenvalue weighted by Crippen LogP contribution is 2.33. The Balaban J connectivity index is 1.83. The molecule has 3 aromatic carbocycles. The molecule has 4 nitrogen and oxygen atoms in total. The van der Waals surface area contributed by atoms with Crippen molar-refractivity contribution in [2.45, 2.75) is 20.4 Å². The third-order valence-corrected chi connectivity index (χ3v) is 5.61. The fraction of sp³-hybridized carbons (Fsp3) is 0.240. The van der Waals surface area contributed by atoms with E-state index in [1.807, 2.05) is 36.9 Å². The van der Waals surface area contributed by atoms with E-state index in [0.29, 0.717) is 6.54 Å². The van der Waals surface area contributed by atoms with E-state index in [2.05, 4.69) is 53.1 Å². The first-order chi connectivity index (χ1) is 14.2. The maximum atomic E-state index is 12.8. The van der Waals surface area contributed by atoms with Gasteiger partial charge in [-0.15, -0.1) is 0 Å². The van der Waals surface area contributed by atoms with Crippen LogP contribution in [0.3, 0.4) is 0 Å². The van der Waals surface area contributed by atoms with Crippen LogP contribution in [0, 0.1) is 0 Å². The van der Waals surface area contributed by atoms with Gasteiger partial charge in [0.2, 0.25) is 5.91 Å². The average molecular weight is 386 g/mol. The Bertz CT molecular complexity index is 1150. The number of benzene rings is 3. The number of rotatable bonds is 6. The molecule has 0 bridgehead atoms. The topological polar surface area (TPSA) is 34.5 Å². The molecule has 0 spiro atoms. The summed E-state index contributed by atoms with van der Waals surface area (Å²) in [7, 11) is 1.68. The summed E-state index contributed by atoms with van der Waals surface area (Å²) < 4.78 is 7.41. The highest BCUT2D eigenvalue weighted by atomic mass is 16.5. The molecule has 1 heterocycles. The number of carbonyl (C=O) groups is 1. The van der Waals surface area contributed by atoms with Crippen molar-refractivity contribution in [1.29, 1.82) is 0 Å². The van der Waals surface area contributed by atoms with Gasteiger partial charge in [0.25, 0.3) is 0 Å². The Morgan fingerprint density at radius 1 is 0.862 bits per heavy atom. The Hall–Kier alpha value is -3.27. The number of methoxy groups -OCH3 is 1. The van der Waals surface area contributed by atoms with E-state index in [-0.39, 0.29) is 5.91 Å². The summed E-state index contributed by atoms with van der Waals surface area (Å²) in [4.78, 5) is 14.7. The molecule has 0 aliphatic carbocycles. The van der Waals surface area contributed by atoms with Crippen LogP contribution in [0.4, 0.5) is 0 Å². The van der Waals surface area contributed by atoms with E-state index in [1.54, 1.807) is 7.11 Å². The molecule has 29 heavy (non-hydrogen) atoms. The third kappa shape index (κ3) is 3.46. The average Bonchev–Trinajstić information content (AvgIpc) is 3.08. The highest BCUT2D eigenvalue weighted by molar-refractivity contribution is 6.09. The zero-order chi connectivity index (χ0) is 20.4. The number of ether oxygens (including phenoxy) is 1. The predicted octanol–water partition coefficient (Wildman–Crippen LogP) is 5.34. The number of hydrogen-bond donors (Lipinski definition) is 0. The van der Waals surface area contributed by atoms with Crippen molar-refractivity contribution in [3.05, 3.63) is 66.7 Å². The van der Waals surface area contributed by atoms with Gasteiger partial charge in [-0.1, -0.05) is 36.4 Å². The molecule has 0 aliphatic rings. The number of amides is 1. The molecule has 0 saturated heterocycles. The molecule has 4 aromatic rings. The van der Waals surface area contributed by atoms with E-state index >= 15 is 0 Å². The lowest BCUT2D eigenvalue weighted by atomic mass is 10.0. The van der Waals surface area contributed by atoms with Crippen LogP contribution in [-0.4, -0.2) is 35.6 Å². The third-order valence-electron chi connectivity index (χ3n) is 5.61. The van der Waals surface area contributed by atoms with Crippen molar-refractivity contribution in [2.24, 2.45) is 0 Å². The van der Waals surface area contributed by atoms with Crippen LogP contribution >= 0.6 is 0 Å². The second-order valence-electron chi connectivity index (χ2n) is 7.13. The maximum absolute atomic E-state index is 12.8. The van der Waals surface area contributed by atoms with E-state index in [1.165, 1.54) is 10.8 Å². The lowest BCUT2D eigenvalue weighted by Crippen LogP contribution is -2.33. The van der Waals surface area contributed by atoms with E-state index < -0.39 is 0 Å². The molecule has 1 aromatic heterocycles.